The van der Waals surface area contributed by atoms with Gasteiger partial charge in [-0.2, -0.15) is 0 Å². The van der Waals surface area contributed by atoms with Crippen molar-refractivity contribution in [1.82, 2.24) is 30.1 Å². The first-order valence-electron chi connectivity index (χ1n) is 16.0. The van der Waals surface area contributed by atoms with Crippen LogP contribution in [0.1, 0.15) is 54.5 Å². The maximum atomic E-state index is 6.17. The number of nitrogens with zero attached hydrogens (tertiary/aromatic N) is 5. The van der Waals surface area contributed by atoms with E-state index in [0.717, 1.165) is 79.6 Å². The van der Waals surface area contributed by atoms with Gasteiger partial charge in [0.1, 0.15) is 5.75 Å². The Balaban J connectivity index is 1.18. The fourth-order valence-electron chi connectivity index (χ4n) is 5.92. The van der Waals surface area contributed by atoms with Crippen LogP contribution in [-0.2, 0) is 19.7 Å². The Hall–Kier alpha value is -2.85. The molecule has 5 rings (SSSR count). The molecule has 4 aromatic rings. The first-order chi connectivity index (χ1) is 22.3. The third-order valence-corrected chi connectivity index (χ3v) is 11.0. The fourth-order valence-corrected chi connectivity index (χ4v) is 7.13. The van der Waals surface area contributed by atoms with E-state index in [9.17, 15) is 0 Å². The van der Waals surface area contributed by atoms with Crippen LogP contribution in [0.5, 0.6) is 5.75 Å². The van der Waals surface area contributed by atoms with Gasteiger partial charge in [-0.25, -0.2) is 0 Å². The number of ether oxygens (including phenoxy) is 1. The molecule has 0 saturated carbocycles. The van der Waals surface area contributed by atoms with Gasteiger partial charge in [-0.15, -0.1) is 9.24 Å². The molecular formula is C37H46N6OPPb. The summed E-state index contributed by atoms with van der Waals surface area (Å²) in [5.41, 5.74) is 6.96. The maximum absolute atomic E-state index is 6.17. The van der Waals surface area contributed by atoms with E-state index < -0.39 is 0 Å². The van der Waals surface area contributed by atoms with Crippen LogP contribution in [0.15, 0.2) is 116 Å². The van der Waals surface area contributed by atoms with E-state index in [4.69, 9.17) is 4.74 Å². The molecule has 0 spiro atoms. The van der Waals surface area contributed by atoms with Gasteiger partial charge in [0.15, 0.2) is 0 Å². The van der Waals surface area contributed by atoms with Crippen molar-refractivity contribution in [2.45, 2.75) is 57.8 Å². The number of benzene rings is 3. The molecule has 0 amide bonds. The van der Waals surface area contributed by atoms with Crippen molar-refractivity contribution in [3.05, 3.63) is 138 Å². The second-order valence-corrected chi connectivity index (χ2v) is 14.3. The number of aromatic nitrogens is 3. The van der Waals surface area contributed by atoms with E-state index in [1.54, 1.807) is 0 Å². The normalized spacial score (nSPS) is 17.0. The number of nitrogens with one attached hydrogen (secondary N) is 1. The van der Waals surface area contributed by atoms with E-state index in [1.807, 2.05) is 29.1 Å². The zero-order valence-electron chi connectivity index (χ0n) is 27.1. The van der Waals surface area contributed by atoms with E-state index in [0.29, 0.717) is 12.5 Å². The molecule has 0 aliphatic carbocycles. The van der Waals surface area contributed by atoms with Crippen molar-refractivity contribution in [3.8, 4) is 5.75 Å². The van der Waals surface area contributed by atoms with Crippen molar-refractivity contribution in [1.29, 1.82) is 0 Å². The molecule has 3 radical (unpaired) electrons. The van der Waals surface area contributed by atoms with Crippen LogP contribution in [0.25, 0.3) is 0 Å². The predicted molar refractivity (Wildman–Crippen MR) is 191 cm³/mol. The van der Waals surface area contributed by atoms with E-state index in [2.05, 4.69) is 128 Å². The molecule has 4 unspecified atom stereocenters. The molecule has 9 heteroatoms. The summed E-state index contributed by atoms with van der Waals surface area (Å²) in [6, 6.07) is 29.8. The molecular weight excluding hydrogens is 783 g/mol. The predicted octanol–water partition coefficient (Wildman–Crippen LogP) is 6.49. The minimum atomic E-state index is 0.184. The third-order valence-electron chi connectivity index (χ3n) is 8.64. The Morgan fingerprint density at radius 2 is 1.76 bits per heavy atom. The van der Waals surface area contributed by atoms with Crippen molar-refractivity contribution < 1.29 is 4.74 Å². The summed E-state index contributed by atoms with van der Waals surface area (Å²) in [6.45, 7) is 17.3. The molecule has 239 valence electrons. The molecule has 1 fully saturated rings. The second-order valence-electron chi connectivity index (χ2n) is 12.4. The van der Waals surface area contributed by atoms with Gasteiger partial charge in [0.2, 0.25) is 0 Å². The van der Waals surface area contributed by atoms with E-state index >= 15 is 0 Å². The summed E-state index contributed by atoms with van der Waals surface area (Å²) >= 11 is 1.11. The van der Waals surface area contributed by atoms with E-state index in [1.165, 1.54) is 22.3 Å². The Morgan fingerprint density at radius 1 is 1.04 bits per heavy atom. The zero-order chi connectivity index (χ0) is 32.5. The molecule has 2 heterocycles. The van der Waals surface area contributed by atoms with Gasteiger partial charge in [-0.1, -0.05) is 42.5 Å². The van der Waals surface area contributed by atoms with Gasteiger partial charge in [-0.05, 0) is 23.3 Å². The Labute approximate surface area is 293 Å². The summed E-state index contributed by atoms with van der Waals surface area (Å²) in [6.07, 6.45) is 2.98. The molecule has 1 N–H and O–H groups in total. The van der Waals surface area contributed by atoms with Crippen LogP contribution in [0.2, 0.25) is 0 Å². The Morgan fingerprint density at radius 3 is 2.48 bits per heavy atom. The molecule has 1 aliphatic rings. The molecule has 4 atom stereocenters. The van der Waals surface area contributed by atoms with Gasteiger partial charge >= 0.3 is 196 Å². The van der Waals surface area contributed by atoms with Crippen LogP contribution in [-0.4, -0.2) is 73.8 Å². The molecule has 1 aromatic heterocycles. The summed E-state index contributed by atoms with van der Waals surface area (Å²) < 4.78 is 9.28. The number of likely N-dealkylation sites (tertiary alicyclic amines) is 1. The summed E-state index contributed by atoms with van der Waals surface area (Å²) in [4.78, 5) is 4.97. The van der Waals surface area contributed by atoms with Gasteiger partial charge < -0.3 is 5.32 Å². The molecule has 1 aliphatic heterocycles. The van der Waals surface area contributed by atoms with Crippen LogP contribution in [0.4, 0.5) is 0 Å². The molecule has 7 nitrogen and oxygen atoms in total. The van der Waals surface area contributed by atoms with Gasteiger partial charge in [0.05, 0.1) is 0 Å². The average molecular weight is 829 g/mol. The SMILES string of the molecule is C=C(C(C)C)C1CC(n2cc(COc3cccc(CNC(P)c4ccccc4)c3)nn2)CN1C(=C)CN([CH2][Pb])Cc1ccccc1. The van der Waals surface area contributed by atoms with Gasteiger partial charge in [0.25, 0.3) is 0 Å². The number of hydrogen-bond acceptors (Lipinski definition) is 6. The van der Waals surface area contributed by atoms with Crippen molar-refractivity contribution in [2.75, 3.05) is 17.2 Å². The molecule has 3 aromatic carbocycles. The van der Waals surface area contributed by atoms with Gasteiger partial charge in [-0.3, -0.25) is 0 Å². The Bertz CT molecular complexity index is 1560. The standard InChI is InChI=1S/C37H46N6OP.Pb/c1-27(2)29(4)36-20-34(25-42(36)28(3)22-41(5)23-30-13-8-6-9-14-30)43-24-33(39-40-43)26-44-35-18-12-15-31(19-35)21-38-37(45)32-16-10-7-11-17-32;/h6-19,24,27,34,36-38H,3-5,20-23,25-26,45H2,1-2H3;. The third kappa shape index (κ3) is 9.37. The zero-order valence-corrected chi connectivity index (χ0v) is 32.1. The van der Waals surface area contributed by atoms with Crippen LogP contribution < -0.4 is 10.1 Å². The van der Waals surface area contributed by atoms with E-state index in [-0.39, 0.29) is 17.9 Å². The van der Waals surface area contributed by atoms with Crippen molar-refractivity contribution in [2.24, 2.45) is 5.92 Å². The van der Waals surface area contributed by atoms with Crippen LogP contribution in [0.3, 0.4) is 0 Å². The summed E-state index contributed by atoms with van der Waals surface area (Å²) in [5.74, 6) is 1.40. The van der Waals surface area contributed by atoms with Gasteiger partial charge in [0, 0.05) is 12.3 Å². The van der Waals surface area contributed by atoms with Crippen LogP contribution >= 0.6 is 9.24 Å². The second kappa shape index (κ2) is 16.8. The first kappa shape index (κ1) is 34.5. The fraction of sp³-hybridized carbons (Fsp3) is 0.351. The summed E-state index contributed by atoms with van der Waals surface area (Å²) in [7, 11) is 2.88. The van der Waals surface area contributed by atoms with Crippen molar-refractivity contribution in [3.63, 3.8) is 0 Å². The molecule has 1 saturated heterocycles. The van der Waals surface area contributed by atoms with Crippen molar-refractivity contribution >= 4 is 35.0 Å². The Kier molecular flexibility index (Phi) is 12.6. The topological polar surface area (TPSA) is 58.5 Å². The minimum absolute atomic E-state index is 0.184. The first-order valence-corrected chi connectivity index (χ1v) is 19.4. The number of rotatable bonds is 16. The monoisotopic (exact) mass is 829 g/mol. The number of hydrogen-bond donors (Lipinski definition) is 1. The molecule has 46 heavy (non-hydrogen) atoms. The average Bonchev–Trinajstić information content (AvgIpc) is 3.74. The van der Waals surface area contributed by atoms with Crippen LogP contribution in [0, 0.1) is 5.92 Å². The molecule has 0 bridgehead atoms. The summed E-state index contributed by atoms with van der Waals surface area (Å²) in [5, 5.41) is 12.6. The quantitative estimate of drug-likeness (QED) is 0.0793.